The van der Waals surface area contributed by atoms with Crippen LogP contribution in [-0.2, 0) is 14.3 Å². The van der Waals surface area contributed by atoms with Gasteiger partial charge in [0.1, 0.15) is 11.6 Å². The Morgan fingerprint density at radius 2 is 2.05 bits per heavy atom. The summed E-state index contributed by atoms with van der Waals surface area (Å²) in [6.07, 6.45) is 2.05. The second-order valence-electron chi connectivity index (χ2n) is 6.30. The van der Waals surface area contributed by atoms with Crippen LogP contribution in [0.5, 0.6) is 0 Å². The monoisotopic (exact) mass is 282 g/mol. The number of amides is 2. The van der Waals surface area contributed by atoms with Crippen molar-refractivity contribution in [2.75, 3.05) is 19.8 Å². The van der Waals surface area contributed by atoms with E-state index in [2.05, 4.69) is 5.32 Å². The molecule has 2 fully saturated rings. The predicted octanol–water partition coefficient (Wildman–Crippen LogP) is 1.17. The molecule has 1 saturated heterocycles. The average molecular weight is 282 g/mol. The van der Waals surface area contributed by atoms with Gasteiger partial charge >= 0.3 is 0 Å². The van der Waals surface area contributed by atoms with Gasteiger partial charge in [0.25, 0.3) is 0 Å². The largest absolute Gasteiger partial charge is 0.380 e. The summed E-state index contributed by atoms with van der Waals surface area (Å²) in [5.41, 5.74) is -0.695. The van der Waals surface area contributed by atoms with Crippen molar-refractivity contribution in [3.63, 3.8) is 0 Å². The lowest BCUT2D eigenvalue weighted by molar-refractivity contribution is -0.160. The van der Waals surface area contributed by atoms with Crippen LogP contribution in [0.2, 0.25) is 0 Å². The minimum absolute atomic E-state index is 0.00482. The molecule has 114 valence electrons. The standard InChI is InChI=1S/C15H26N2O3/c1-5-20-9-8-17-13(18)12(10(2)3)16-14(19)15(17,4)11-6-7-11/h10-12H,5-9H2,1-4H3,(H,16,19). The first-order valence-electron chi connectivity index (χ1n) is 7.63. The zero-order chi connectivity index (χ0) is 14.9. The maximum Gasteiger partial charge on any atom is 0.246 e. The van der Waals surface area contributed by atoms with Gasteiger partial charge in [-0.2, -0.15) is 0 Å². The molecule has 1 heterocycles. The highest BCUT2D eigenvalue weighted by Gasteiger charge is 2.57. The van der Waals surface area contributed by atoms with Crippen molar-refractivity contribution < 1.29 is 14.3 Å². The summed E-state index contributed by atoms with van der Waals surface area (Å²) in [6.45, 7) is 9.37. The van der Waals surface area contributed by atoms with E-state index in [0.29, 0.717) is 25.7 Å². The number of ether oxygens (including phenoxy) is 1. The van der Waals surface area contributed by atoms with E-state index in [1.165, 1.54) is 0 Å². The number of rotatable bonds is 6. The normalized spacial score (nSPS) is 30.9. The van der Waals surface area contributed by atoms with Crippen LogP contribution in [0, 0.1) is 11.8 Å². The summed E-state index contributed by atoms with van der Waals surface area (Å²) in [5, 5.41) is 2.93. The molecule has 1 aliphatic carbocycles. The lowest BCUT2D eigenvalue weighted by Crippen LogP contribution is -2.71. The van der Waals surface area contributed by atoms with Crippen LogP contribution in [0.1, 0.15) is 40.5 Å². The van der Waals surface area contributed by atoms with Crippen molar-refractivity contribution in [3.8, 4) is 0 Å². The first kappa shape index (κ1) is 15.3. The van der Waals surface area contributed by atoms with Crippen LogP contribution in [-0.4, -0.2) is 48.1 Å². The van der Waals surface area contributed by atoms with Crippen LogP contribution in [0.25, 0.3) is 0 Å². The van der Waals surface area contributed by atoms with Crippen LogP contribution < -0.4 is 5.32 Å². The number of hydrogen-bond acceptors (Lipinski definition) is 3. The molecule has 1 N–H and O–H groups in total. The fourth-order valence-corrected chi connectivity index (χ4v) is 3.01. The molecule has 2 aliphatic rings. The third-order valence-electron chi connectivity index (χ3n) is 4.54. The van der Waals surface area contributed by atoms with Crippen molar-refractivity contribution in [2.45, 2.75) is 52.1 Å². The third-order valence-corrected chi connectivity index (χ3v) is 4.54. The summed E-state index contributed by atoms with van der Waals surface area (Å²) in [5.74, 6) is 0.425. The van der Waals surface area contributed by atoms with E-state index in [9.17, 15) is 9.59 Å². The lowest BCUT2D eigenvalue weighted by Gasteiger charge is -2.47. The number of piperazine rings is 1. The highest BCUT2D eigenvalue weighted by molar-refractivity contribution is 6.00. The van der Waals surface area contributed by atoms with Gasteiger partial charge < -0.3 is 15.0 Å². The Balaban J connectivity index is 2.21. The van der Waals surface area contributed by atoms with Crippen molar-refractivity contribution in [1.82, 2.24) is 10.2 Å². The van der Waals surface area contributed by atoms with Gasteiger partial charge in [0.05, 0.1) is 6.61 Å². The average Bonchev–Trinajstić information content (AvgIpc) is 3.22. The van der Waals surface area contributed by atoms with Crippen molar-refractivity contribution in [3.05, 3.63) is 0 Å². The first-order valence-corrected chi connectivity index (χ1v) is 7.63. The van der Waals surface area contributed by atoms with Gasteiger partial charge in [0, 0.05) is 13.2 Å². The summed E-state index contributed by atoms with van der Waals surface area (Å²) in [7, 11) is 0. The zero-order valence-corrected chi connectivity index (χ0v) is 12.9. The molecule has 0 bridgehead atoms. The fourth-order valence-electron chi connectivity index (χ4n) is 3.01. The van der Waals surface area contributed by atoms with E-state index in [1.807, 2.05) is 27.7 Å². The molecule has 2 rings (SSSR count). The number of carbonyl (C=O) groups excluding carboxylic acids is 2. The lowest BCUT2D eigenvalue weighted by atomic mass is 9.86. The van der Waals surface area contributed by atoms with Gasteiger partial charge in [-0.15, -0.1) is 0 Å². The van der Waals surface area contributed by atoms with Crippen molar-refractivity contribution in [1.29, 1.82) is 0 Å². The third kappa shape index (κ3) is 2.55. The summed E-state index contributed by atoms with van der Waals surface area (Å²) in [6, 6.07) is -0.407. The first-order chi connectivity index (χ1) is 9.42. The predicted molar refractivity (Wildman–Crippen MR) is 76.1 cm³/mol. The minimum atomic E-state index is -0.695. The number of nitrogens with one attached hydrogen (secondary N) is 1. The van der Waals surface area contributed by atoms with Crippen molar-refractivity contribution in [2.24, 2.45) is 11.8 Å². The number of nitrogens with zero attached hydrogens (tertiary/aromatic N) is 1. The summed E-state index contributed by atoms with van der Waals surface area (Å²) in [4.78, 5) is 27.0. The quantitative estimate of drug-likeness (QED) is 0.744. The molecule has 0 radical (unpaired) electrons. The zero-order valence-electron chi connectivity index (χ0n) is 12.9. The molecule has 2 atom stereocenters. The molecule has 1 saturated carbocycles. The van der Waals surface area contributed by atoms with Gasteiger partial charge in [-0.1, -0.05) is 13.8 Å². The molecule has 2 unspecified atom stereocenters. The Kier molecular flexibility index (Phi) is 4.37. The van der Waals surface area contributed by atoms with Crippen LogP contribution >= 0.6 is 0 Å². The minimum Gasteiger partial charge on any atom is -0.380 e. The molecule has 5 heteroatoms. The van der Waals surface area contributed by atoms with Gasteiger partial charge in [-0.05, 0) is 38.5 Å². The molecular formula is C15H26N2O3. The molecule has 5 nitrogen and oxygen atoms in total. The maximum atomic E-state index is 12.7. The van der Waals surface area contributed by atoms with Gasteiger partial charge in [0.15, 0.2) is 0 Å². The molecule has 0 aromatic carbocycles. The number of hydrogen-bond donors (Lipinski definition) is 1. The Morgan fingerprint density at radius 3 is 2.55 bits per heavy atom. The highest BCUT2D eigenvalue weighted by Crippen LogP contribution is 2.45. The van der Waals surface area contributed by atoms with Gasteiger partial charge in [0.2, 0.25) is 11.8 Å². The van der Waals surface area contributed by atoms with E-state index in [-0.39, 0.29) is 17.7 Å². The second kappa shape index (κ2) is 5.72. The fraction of sp³-hybridized carbons (Fsp3) is 0.867. The van der Waals surface area contributed by atoms with E-state index in [1.54, 1.807) is 4.90 Å². The molecule has 0 aromatic rings. The Bertz CT molecular complexity index is 393. The van der Waals surface area contributed by atoms with Crippen LogP contribution in [0.15, 0.2) is 0 Å². The second-order valence-corrected chi connectivity index (χ2v) is 6.30. The summed E-state index contributed by atoms with van der Waals surface area (Å²) >= 11 is 0. The molecular weight excluding hydrogens is 256 g/mol. The van der Waals surface area contributed by atoms with E-state index in [4.69, 9.17) is 4.74 Å². The van der Waals surface area contributed by atoms with E-state index >= 15 is 0 Å². The molecule has 1 aliphatic heterocycles. The molecule has 2 amide bonds. The van der Waals surface area contributed by atoms with Gasteiger partial charge in [-0.25, -0.2) is 0 Å². The van der Waals surface area contributed by atoms with Gasteiger partial charge in [-0.3, -0.25) is 9.59 Å². The SMILES string of the molecule is CCOCCN1C(=O)C(C(C)C)NC(=O)C1(C)C1CC1. The molecule has 0 aromatic heterocycles. The highest BCUT2D eigenvalue weighted by atomic mass is 16.5. The number of carbonyl (C=O) groups is 2. The Hall–Kier alpha value is -1.10. The van der Waals surface area contributed by atoms with Crippen LogP contribution in [0.4, 0.5) is 0 Å². The van der Waals surface area contributed by atoms with Crippen LogP contribution in [0.3, 0.4) is 0 Å². The Morgan fingerprint density at radius 1 is 1.40 bits per heavy atom. The molecule has 0 spiro atoms. The maximum absolute atomic E-state index is 12.7. The molecule has 20 heavy (non-hydrogen) atoms. The Labute approximate surface area is 121 Å². The smallest absolute Gasteiger partial charge is 0.246 e. The topological polar surface area (TPSA) is 58.6 Å². The summed E-state index contributed by atoms with van der Waals surface area (Å²) < 4.78 is 5.38. The van der Waals surface area contributed by atoms with Crippen molar-refractivity contribution >= 4 is 11.8 Å². The van der Waals surface area contributed by atoms with E-state index < -0.39 is 11.6 Å². The van der Waals surface area contributed by atoms with E-state index in [0.717, 1.165) is 12.8 Å².